The summed E-state index contributed by atoms with van der Waals surface area (Å²) in [5, 5.41) is 6.03. The zero-order chi connectivity index (χ0) is 12.6. The van der Waals surface area contributed by atoms with Crippen LogP contribution in [0, 0.1) is 11.8 Å². The highest BCUT2D eigenvalue weighted by Gasteiger charge is 2.16. The number of hydrogen-bond acceptors (Lipinski definition) is 3. The molecule has 0 bridgehead atoms. The van der Waals surface area contributed by atoms with Gasteiger partial charge in [0.05, 0.1) is 6.54 Å². The van der Waals surface area contributed by atoms with Gasteiger partial charge in [-0.25, -0.2) is 0 Å². The van der Waals surface area contributed by atoms with Crippen molar-refractivity contribution in [3.63, 3.8) is 0 Å². The maximum absolute atomic E-state index is 11.6. The van der Waals surface area contributed by atoms with E-state index in [4.69, 9.17) is 5.73 Å². The lowest BCUT2D eigenvalue weighted by molar-refractivity contribution is -0.122. The van der Waals surface area contributed by atoms with Crippen LogP contribution in [0.15, 0.2) is 0 Å². The van der Waals surface area contributed by atoms with E-state index >= 15 is 0 Å². The van der Waals surface area contributed by atoms with Gasteiger partial charge < -0.3 is 16.4 Å². The van der Waals surface area contributed by atoms with Gasteiger partial charge in [-0.15, -0.1) is 5.92 Å². The lowest BCUT2D eigenvalue weighted by atomic mass is 10.1. The summed E-state index contributed by atoms with van der Waals surface area (Å²) in [4.78, 5) is 11.6. The second kappa shape index (κ2) is 7.26. The first kappa shape index (κ1) is 14.9. The van der Waals surface area contributed by atoms with E-state index in [1.165, 1.54) is 0 Å². The number of amides is 1. The molecule has 4 nitrogen and oxygen atoms in total. The molecule has 1 atom stereocenters. The van der Waals surface area contributed by atoms with Crippen molar-refractivity contribution in [1.82, 2.24) is 10.6 Å². The van der Waals surface area contributed by atoms with E-state index in [9.17, 15) is 4.79 Å². The number of carbonyl (C=O) groups excluding carboxylic acids is 1. The quantitative estimate of drug-likeness (QED) is 0.587. The van der Waals surface area contributed by atoms with E-state index in [-0.39, 0.29) is 17.5 Å². The Hall–Kier alpha value is -1.05. The molecular weight excluding hydrogens is 202 g/mol. The monoisotopic (exact) mass is 225 g/mol. The molecule has 92 valence electrons. The van der Waals surface area contributed by atoms with Crippen molar-refractivity contribution in [2.24, 2.45) is 5.73 Å². The summed E-state index contributed by atoms with van der Waals surface area (Å²) in [6.45, 7) is 8.66. The standard InChI is InChI=1S/C12H23N3O/c1-5-6-7-14-10(9-13)8-11(16)15-12(2,3)4/h10,14H,7-9,13H2,1-4H3,(H,15,16). The molecule has 0 radical (unpaired) electrons. The molecule has 4 heteroatoms. The van der Waals surface area contributed by atoms with Gasteiger partial charge in [-0.3, -0.25) is 4.79 Å². The minimum Gasteiger partial charge on any atom is -0.351 e. The average molecular weight is 225 g/mol. The van der Waals surface area contributed by atoms with Gasteiger partial charge in [-0.2, -0.15) is 0 Å². The predicted octanol–water partition coefficient (Wildman–Crippen LogP) is 0.231. The fraction of sp³-hybridized carbons (Fsp3) is 0.750. The molecule has 0 spiro atoms. The van der Waals surface area contributed by atoms with Gasteiger partial charge in [0.2, 0.25) is 5.91 Å². The van der Waals surface area contributed by atoms with Crippen molar-refractivity contribution < 1.29 is 4.79 Å². The second-order valence-electron chi connectivity index (χ2n) is 4.74. The molecule has 1 amide bonds. The summed E-state index contributed by atoms with van der Waals surface area (Å²) in [5.74, 6) is 5.68. The molecular formula is C12H23N3O. The van der Waals surface area contributed by atoms with Gasteiger partial charge in [0.25, 0.3) is 0 Å². The first-order valence-electron chi connectivity index (χ1n) is 5.53. The van der Waals surface area contributed by atoms with Crippen LogP contribution < -0.4 is 16.4 Å². The molecule has 0 saturated heterocycles. The van der Waals surface area contributed by atoms with Crippen LogP contribution in [-0.2, 0) is 4.79 Å². The SMILES string of the molecule is CC#CCNC(CN)CC(=O)NC(C)(C)C. The van der Waals surface area contributed by atoms with Crippen molar-refractivity contribution in [1.29, 1.82) is 0 Å². The van der Waals surface area contributed by atoms with Crippen LogP contribution >= 0.6 is 0 Å². The number of nitrogens with two attached hydrogens (primary N) is 1. The third-order valence-electron chi connectivity index (χ3n) is 1.89. The lowest BCUT2D eigenvalue weighted by Gasteiger charge is -2.22. The van der Waals surface area contributed by atoms with Crippen molar-refractivity contribution in [3.05, 3.63) is 0 Å². The van der Waals surface area contributed by atoms with Crippen molar-refractivity contribution in [3.8, 4) is 11.8 Å². The van der Waals surface area contributed by atoms with Crippen LogP contribution in [0.5, 0.6) is 0 Å². The Balaban J connectivity index is 4.00. The maximum atomic E-state index is 11.6. The summed E-state index contributed by atoms with van der Waals surface area (Å²) in [6.07, 6.45) is 0.388. The van der Waals surface area contributed by atoms with Crippen LogP contribution in [0.1, 0.15) is 34.1 Å². The van der Waals surface area contributed by atoms with E-state index in [0.29, 0.717) is 19.5 Å². The molecule has 0 rings (SSSR count). The molecule has 0 aliphatic heterocycles. The Morgan fingerprint density at radius 1 is 1.44 bits per heavy atom. The van der Waals surface area contributed by atoms with Crippen LogP contribution in [0.2, 0.25) is 0 Å². The van der Waals surface area contributed by atoms with Crippen LogP contribution in [0.4, 0.5) is 0 Å². The molecule has 16 heavy (non-hydrogen) atoms. The third kappa shape index (κ3) is 8.27. The second-order valence-corrected chi connectivity index (χ2v) is 4.74. The summed E-state index contributed by atoms with van der Waals surface area (Å²) in [5.41, 5.74) is 5.38. The highest BCUT2D eigenvalue weighted by atomic mass is 16.1. The molecule has 0 fully saturated rings. The van der Waals surface area contributed by atoms with Crippen molar-refractivity contribution in [2.75, 3.05) is 13.1 Å². The molecule has 0 aliphatic rings. The lowest BCUT2D eigenvalue weighted by Crippen LogP contribution is -2.46. The molecule has 0 heterocycles. The summed E-state index contributed by atoms with van der Waals surface area (Å²) in [7, 11) is 0. The Bertz CT molecular complexity index is 270. The van der Waals surface area contributed by atoms with Crippen LogP contribution in [0.25, 0.3) is 0 Å². The normalized spacial score (nSPS) is 12.6. The molecule has 0 aromatic rings. The Labute approximate surface area is 98.4 Å². The van der Waals surface area contributed by atoms with E-state index in [2.05, 4.69) is 22.5 Å². The summed E-state index contributed by atoms with van der Waals surface area (Å²) < 4.78 is 0. The highest BCUT2D eigenvalue weighted by molar-refractivity contribution is 5.77. The van der Waals surface area contributed by atoms with Gasteiger partial charge in [-0.1, -0.05) is 5.92 Å². The number of nitrogens with one attached hydrogen (secondary N) is 2. The summed E-state index contributed by atoms with van der Waals surface area (Å²) in [6, 6.07) is -0.0109. The zero-order valence-electron chi connectivity index (χ0n) is 10.7. The predicted molar refractivity (Wildman–Crippen MR) is 66.8 cm³/mol. The molecule has 4 N–H and O–H groups in total. The van der Waals surface area contributed by atoms with Gasteiger partial charge >= 0.3 is 0 Å². The van der Waals surface area contributed by atoms with Gasteiger partial charge in [0.15, 0.2) is 0 Å². The van der Waals surface area contributed by atoms with Crippen LogP contribution in [-0.4, -0.2) is 30.6 Å². The average Bonchev–Trinajstić information content (AvgIpc) is 2.13. The summed E-state index contributed by atoms with van der Waals surface area (Å²) >= 11 is 0. The minimum absolute atomic E-state index is 0.0109. The van der Waals surface area contributed by atoms with Crippen molar-refractivity contribution >= 4 is 5.91 Å². The Kier molecular flexibility index (Phi) is 6.78. The fourth-order valence-electron chi connectivity index (χ4n) is 1.22. The largest absolute Gasteiger partial charge is 0.351 e. The molecule has 0 aliphatic carbocycles. The number of rotatable bonds is 5. The smallest absolute Gasteiger partial charge is 0.222 e. The van der Waals surface area contributed by atoms with E-state index in [1.54, 1.807) is 6.92 Å². The molecule has 1 unspecified atom stereocenters. The van der Waals surface area contributed by atoms with E-state index in [0.717, 1.165) is 0 Å². The Morgan fingerprint density at radius 3 is 2.50 bits per heavy atom. The molecule has 0 saturated carbocycles. The van der Waals surface area contributed by atoms with Gasteiger partial charge in [0.1, 0.15) is 0 Å². The first-order valence-corrected chi connectivity index (χ1v) is 5.53. The molecule has 0 aromatic heterocycles. The van der Waals surface area contributed by atoms with E-state index in [1.807, 2.05) is 20.8 Å². The van der Waals surface area contributed by atoms with Crippen LogP contribution in [0.3, 0.4) is 0 Å². The Morgan fingerprint density at radius 2 is 2.06 bits per heavy atom. The highest BCUT2D eigenvalue weighted by Crippen LogP contribution is 2.00. The van der Waals surface area contributed by atoms with Gasteiger partial charge in [-0.05, 0) is 27.7 Å². The number of hydrogen-bond donors (Lipinski definition) is 3. The topological polar surface area (TPSA) is 67.1 Å². The van der Waals surface area contributed by atoms with Gasteiger partial charge in [0, 0.05) is 24.5 Å². The van der Waals surface area contributed by atoms with E-state index < -0.39 is 0 Å². The maximum Gasteiger partial charge on any atom is 0.222 e. The zero-order valence-corrected chi connectivity index (χ0v) is 10.7. The minimum atomic E-state index is -0.195. The fourth-order valence-corrected chi connectivity index (χ4v) is 1.22. The first-order chi connectivity index (χ1) is 7.39. The third-order valence-corrected chi connectivity index (χ3v) is 1.89. The number of carbonyl (C=O) groups is 1. The molecule has 0 aromatic carbocycles. The van der Waals surface area contributed by atoms with Crippen molar-refractivity contribution in [2.45, 2.75) is 45.7 Å².